The molecule has 0 amide bonds. The molecule has 4 nitrogen and oxygen atoms in total. The van der Waals surface area contributed by atoms with Crippen molar-refractivity contribution in [3.63, 3.8) is 0 Å². The van der Waals surface area contributed by atoms with Gasteiger partial charge in [0.2, 0.25) is 0 Å². The molecule has 1 aromatic rings. The third-order valence-corrected chi connectivity index (χ3v) is 1.38. The molecule has 4 heteroatoms. The van der Waals surface area contributed by atoms with Crippen molar-refractivity contribution in [3.8, 4) is 12.1 Å². The molecule has 0 bridgehead atoms. The number of pyridine rings is 1. The van der Waals surface area contributed by atoms with E-state index in [9.17, 15) is 4.79 Å². The van der Waals surface area contributed by atoms with Crippen LogP contribution in [0.5, 0.6) is 0 Å². The summed E-state index contributed by atoms with van der Waals surface area (Å²) in [7, 11) is 0. The van der Waals surface area contributed by atoms with E-state index < -0.39 is 5.56 Å². The maximum atomic E-state index is 11.2. The fraction of sp³-hybridized carbons (Fsp3) is 0.125. The van der Waals surface area contributed by atoms with Gasteiger partial charge in [-0.3, -0.25) is 4.79 Å². The minimum atomic E-state index is -0.415. The molecule has 58 valence electrons. The van der Waals surface area contributed by atoms with E-state index in [4.69, 9.17) is 10.5 Å². The van der Waals surface area contributed by atoms with Gasteiger partial charge in [-0.2, -0.15) is 10.5 Å². The Labute approximate surface area is 68.9 Å². The Kier molecular flexibility index (Phi) is 2.25. The molecule has 1 rings (SSSR count). The molecule has 0 aliphatic heterocycles. The summed E-state index contributed by atoms with van der Waals surface area (Å²) in [6, 6.07) is 6.57. The smallest absolute Gasteiger partial charge is 0.269 e. The molecule has 0 atom stereocenters. The van der Waals surface area contributed by atoms with E-state index in [0.717, 1.165) is 0 Å². The van der Waals surface area contributed by atoms with Crippen molar-refractivity contribution in [1.29, 1.82) is 10.5 Å². The van der Waals surface area contributed by atoms with E-state index in [-0.39, 0.29) is 12.1 Å². The molecule has 0 unspecified atom stereocenters. The Morgan fingerprint density at radius 2 is 2.25 bits per heavy atom. The summed E-state index contributed by atoms with van der Waals surface area (Å²) in [4.78, 5) is 11.2. The standard InChI is InChI=1S/C8H5N3O/c9-3-5-11-4-1-2-7(6-10)8(11)12/h1-2,4H,5H2. The Bertz CT molecular complexity index is 419. The monoisotopic (exact) mass is 159 g/mol. The lowest BCUT2D eigenvalue weighted by Crippen LogP contribution is -2.20. The summed E-state index contributed by atoms with van der Waals surface area (Å²) >= 11 is 0. The number of rotatable bonds is 1. The van der Waals surface area contributed by atoms with Crippen molar-refractivity contribution in [2.75, 3.05) is 0 Å². The zero-order valence-electron chi connectivity index (χ0n) is 6.19. The van der Waals surface area contributed by atoms with Gasteiger partial charge >= 0.3 is 0 Å². The quantitative estimate of drug-likeness (QED) is 0.589. The highest BCUT2D eigenvalue weighted by molar-refractivity contribution is 5.25. The maximum Gasteiger partial charge on any atom is 0.269 e. The van der Waals surface area contributed by atoms with Gasteiger partial charge in [-0.15, -0.1) is 0 Å². The topological polar surface area (TPSA) is 69.6 Å². The SMILES string of the molecule is N#CCn1cccc(C#N)c1=O. The third-order valence-electron chi connectivity index (χ3n) is 1.38. The Morgan fingerprint density at radius 1 is 1.50 bits per heavy atom. The summed E-state index contributed by atoms with van der Waals surface area (Å²) in [5.74, 6) is 0. The highest BCUT2D eigenvalue weighted by Crippen LogP contribution is 1.88. The molecule has 0 spiro atoms. The van der Waals surface area contributed by atoms with Crippen molar-refractivity contribution in [3.05, 3.63) is 34.2 Å². The largest absolute Gasteiger partial charge is 0.301 e. The van der Waals surface area contributed by atoms with Crippen molar-refractivity contribution in [2.24, 2.45) is 0 Å². The fourth-order valence-corrected chi connectivity index (χ4v) is 0.823. The van der Waals surface area contributed by atoms with Crippen LogP contribution in [0.15, 0.2) is 23.1 Å². The van der Waals surface area contributed by atoms with Crippen molar-refractivity contribution < 1.29 is 0 Å². The van der Waals surface area contributed by atoms with Crippen LogP contribution in [0.2, 0.25) is 0 Å². The Balaban J connectivity index is 3.28. The van der Waals surface area contributed by atoms with Crippen LogP contribution < -0.4 is 5.56 Å². The molecule has 0 saturated carbocycles. The summed E-state index contributed by atoms with van der Waals surface area (Å²) in [6.07, 6.45) is 1.48. The highest BCUT2D eigenvalue weighted by Gasteiger charge is 1.99. The van der Waals surface area contributed by atoms with Crippen LogP contribution >= 0.6 is 0 Å². The van der Waals surface area contributed by atoms with Crippen LogP contribution in [0, 0.1) is 22.7 Å². The fourth-order valence-electron chi connectivity index (χ4n) is 0.823. The zero-order valence-corrected chi connectivity index (χ0v) is 6.19. The molecule has 0 fully saturated rings. The lowest BCUT2D eigenvalue weighted by atomic mass is 10.3. The number of nitriles is 2. The predicted octanol–water partition coefficient (Wildman–Crippen LogP) is 0.244. The van der Waals surface area contributed by atoms with E-state index in [2.05, 4.69) is 0 Å². The Hall–Kier alpha value is -2.07. The van der Waals surface area contributed by atoms with E-state index in [1.807, 2.05) is 6.07 Å². The molecular formula is C8H5N3O. The van der Waals surface area contributed by atoms with Crippen molar-refractivity contribution in [1.82, 2.24) is 4.57 Å². The van der Waals surface area contributed by atoms with Gasteiger partial charge in [-0.1, -0.05) is 0 Å². The molecular weight excluding hydrogens is 154 g/mol. The number of hydrogen-bond donors (Lipinski definition) is 0. The van der Waals surface area contributed by atoms with E-state index in [0.29, 0.717) is 0 Å². The molecule has 12 heavy (non-hydrogen) atoms. The Morgan fingerprint density at radius 3 is 2.83 bits per heavy atom. The minimum absolute atomic E-state index is 0.0195. The summed E-state index contributed by atoms with van der Waals surface area (Å²) in [5.41, 5.74) is -0.352. The summed E-state index contributed by atoms with van der Waals surface area (Å²) < 4.78 is 1.19. The average Bonchev–Trinajstić information content (AvgIpc) is 2.09. The van der Waals surface area contributed by atoms with Crippen LogP contribution in [-0.4, -0.2) is 4.57 Å². The second kappa shape index (κ2) is 3.36. The first-order valence-corrected chi connectivity index (χ1v) is 3.26. The lowest BCUT2D eigenvalue weighted by molar-refractivity contribution is 0.785. The number of hydrogen-bond acceptors (Lipinski definition) is 3. The van der Waals surface area contributed by atoms with Crippen LogP contribution in [0.1, 0.15) is 5.56 Å². The van der Waals surface area contributed by atoms with E-state index in [1.165, 1.54) is 16.8 Å². The first-order chi connectivity index (χ1) is 5.79. The maximum absolute atomic E-state index is 11.2. The first-order valence-electron chi connectivity index (χ1n) is 3.26. The van der Waals surface area contributed by atoms with Gasteiger partial charge in [0, 0.05) is 6.20 Å². The van der Waals surface area contributed by atoms with Gasteiger partial charge in [0.05, 0.1) is 6.07 Å². The predicted molar refractivity (Wildman–Crippen MR) is 41.0 cm³/mol. The molecule has 0 aliphatic rings. The van der Waals surface area contributed by atoms with Gasteiger partial charge in [-0.25, -0.2) is 0 Å². The van der Waals surface area contributed by atoms with Crippen LogP contribution in [-0.2, 0) is 6.54 Å². The van der Waals surface area contributed by atoms with Gasteiger partial charge in [-0.05, 0) is 12.1 Å². The lowest BCUT2D eigenvalue weighted by Gasteiger charge is -1.97. The minimum Gasteiger partial charge on any atom is -0.301 e. The highest BCUT2D eigenvalue weighted by atomic mass is 16.1. The summed E-state index contributed by atoms with van der Waals surface area (Å²) in [5, 5.41) is 16.8. The van der Waals surface area contributed by atoms with Gasteiger partial charge in [0.1, 0.15) is 18.2 Å². The van der Waals surface area contributed by atoms with Crippen LogP contribution in [0.25, 0.3) is 0 Å². The van der Waals surface area contributed by atoms with E-state index in [1.54, 1.807) is 12.1 Å². The van der Waals surface area contributed by atoms with Gasteiger partial charge in [0.15, 0.2) is 0 Å². The second-order valence-corrected chi connectivity index (χ2v) is 2.12. The molecule has 0 N–H and O–H groups in total. The molecule has 1 aromatic heterocycles. The number of nitrogens with zero attached hydrogens (tertiary/aromatic N) is 3. The molecule has 0 radical (unpaired) electrons. The molecule has 0 aliphatic carbocycles. The van der Waals surface area contributed by atoms with Crippen LogP contribution in [0.4, 0.5) is 0 Å². The third kappa shape index (κ3) is 1.33. The number of aromatic nitrogens is 1. The van der Waals surface area contributed by atoms with Crippen molar-refractivity contribution in [2.45, 2.75) is 6.54 Å². The molecule has 0 saturated heterocycles. The molecule has 0 aromatic carbocycles. The van der Waals surface area contributed by atoms with E-state index >= 15 is 0 Å². The first kappa shape index (κ1) is 8.03. The average molecular weight is 159 g/mol. The zero-order chi connectivity index (χ0) is 8.97. The molecule has 1 heterocycles. The second-order valence-electron chi connectivity index (χ2n) is 2.12. The normalized spacial score (nSPS) is 8.50. The van der Waals surface area contributed by atoms with Gasteiger partial charge in [0.25, 0.3) is 5.56 Å². The van der Waals surface area contributed by atoms with Gasteiger partial charge < -0.3 is 4.57 Å². The van der Waals surface area contributed by atoms with Crippen LogP contribution in [0.3, 0.4) is 0 Å². The van der Waals surface area contributed by atoms with Crippen molar-refractivity contribution >= 4 is 0 Å². The summed E-state index contributed by atoms with van der Waals surface area (Å²) in [6.45, 7) is -0.0195.